The second-order valence-corrected chi connectivity index (χ2v) is 9.03. The van der Waals surface area contributed by atoms with Crippen LogP contribution >= 0.6 is 37.2 Å². The molecule has 1 amide bonds. The first-order valence-corrected chi connectivity index (χ1v) is 12.2. The second kappa shape index (κ2) is 14.6. The van der Waals surface area contributed by atoms with E-state index in [4.69, 9.17) is 9.72 Å². The lowest BCUT2D eigenvalue weighted by molar-refractivity contribution is -0.118. The monoisotopic (exact) mass is 604 g/mol. The van der Waals surface area contributed by atoms with Crippen molar-refractivity contribution in [3.05, 3.63) is 90.0 Å². The fourth-order valence-corrected chi connectivity index (χ4v) is 4.51. The Kier molecular flexibility index (Phi) is 11.9. The molecule has 4 aromatic rings. The second-order valence-electron chi connectivity index (χ2n) is 9.03. The summed E-state index contributed by atoms with van der Waals surface area (Å²) in [6.07, 6.45) is 0. The van der Waals surface area contributed by atoms with Gasteiger partial charge in [0.25, 0.3) is 5.91 Å². The fraction of sp³-hybridized carbons (Fsp3) is 0.207. The summed E-state index contributed by atoms with van der Waals surface area (Å²) < 4.78 is 5.49. The number of pyridine rings is 1. The van der Waals surface area contributed by atoms with E-state index >= 15 is 0 Å². The molecule has 0 bridgehead atoms. The Morgan fingerprint density at radius 2 is 1.57 bits per heavy atom. The molecule has 2 heterocycles. The molecule has 0 radical (unpaired) electrons. The van der Waals surface area contributed by atoms with Crippen LogP contribution in [0.3, 0.4) is 0 Å². The molecule has 1 aliphatic heterocycles. The Morgan fingerprint density at radius 3 is 2.25 bits per heavy atom. The van der Waals surface area contributed by atoms with Crippen LogP contribution in [0.2, 0.25) is 0 Å². The number of aromatic carboxylic acids is 1. The number of hydrogen-bond donors (Lipinski definition) is 2. The van der Waals surface area contributed by atoms with E-state index in [9.17, 15) is 14.7 Å². The highest BCUT2D eigenvalue weighted by Crippen LogP contribution is 2.27. The zero-order chi connectivity index (χ0) is 25.8. The number of hydrogen-bond acceptors (Lipinski definition) is 6. The molecule has 0 spiro atoms. The lowest BCUT2D eigenvalue weighted by Gasteiger charge is -2.37. The molecule has 1 aliphatic rings. The molecule has 2 N–H and O–H groups in total. The van der Waals surface area contributed by atoms with Crippen molar-refractivity contribution in [1.29, 1.82) is 0 Å². The first-order chi connectivity index (χ1) is 18.0. The van der Waals surface area contributed by atoms with Gasteiger partial charge in [0, 0.05) is 42.9 Å². The predicted molar refractivity (Wildman–Crippen MR) is 167 cm³/mol. The molecule has 5 rings (SSSR count). The summed E-state index contributed by atoms with van der Waals surface area (Å²) in [5.41, 5.74) is 3.62. The zero-order valence-electron chi connectivity index (χ0n) is 21.8. The van der Waals surface area contributed by atoms with E-state index < -0.39 is 5.97 Å². The van der Waals surface area contributed by atoms with Gasteiger partial charge in [-0.05, 0) is 61.0 Å². The van der Waals surface area contributed by atoms with E-state index in [1.807, 2.05) is 18.2 Å². The molecule has 40 heavy (non-hydrogen) atoms. The number of para-hydroxylation sites is 1. The minimum atomic E-state index is -1.04. The predicted octanol–water partition coefficient (Wildman–Crippen LogP) is 5.85. The summed E-state index contributed by atoms with van der Waals surface area (Å²) in [6.45, 7) is 5.05. The third-order valence-corrected chi connectivity index (χ3v) is 6.39. The molecule has 1 aromatic heterocycles. The SMILES string of the molecule is Cc1cccc(N2CCN(c3cc(C(=O)O)c4cc(NC(=O)COc5ccccc5)ccc4n3)CC2)c1.Cl.Cl.Cl. The molecule has 1 fully saturated rings. The van der Waals surface area contributed by atoms with Crippen LogP contribution in [-0.2, 0) is 4.79 Å². The third kappa shape index (κ3) is 7.69. The Bertz CT molecular complexity index is 1450. The van der Waals surface area contributed by atoms with Crippen molar-refractivity contribution in [2.24, 2.45) is 0 Å². The zero-order valence-corrected chi connectivity index (χ0v) is 24.2. The number of benzene rings is 3. The van der Waals surface area contributed by atoms with Crippen LogP contribution in [0, 0.1) is 6.92 Å². The topological polar surface area (TPSA) is 95.0 Å². The van der Waals surface area contributed by atoms with Gasteiger partial charge in [-0.1, -0.05) is 30.3 Å². The van der Waals surface area contributed by atoms with Gasteiger partial charge in [-0.15, -0.1) is 37.2 Å². The molecular formula is C29H31Cl3N4O4. The number of carbonyl (C=O) groups is 2. The van der Waals surface area contributed by atoms with Crippen LogP contribution in [0.1, 0.15) is 15.9 Å². The van der Waals surface area contributed by atoms with Crippen LogP contribution in [-0.4, -0.2) is 54.8 Å². The summed E-state index contributed by atoms with van der Waals surface area (Å²) in [5, 5.41) is 13.2. The van der Waals surface area contributed by atoms with Gasteiger partial charge in [0.2, 0.25) is 0 Å². The Hall–Kier alpha value is -3.72. The number of rotatable bonds is 7. The number of nitrogens with one attached hydrogen (secondary N) is 1. The molecule has 0 atom stereocenters. The lowest BCUT2D eigenvalue weighted by atomic mass is 10.1. The average Bonchev–Trinajstić information content (AvgIpc) is 2.92. The Labute approximate surface area is 251 Å². The van der Waals surface area contributed by atoms with Crippen LogP contribution in [0.5, 0.6) is 5.75 Å². The van der Waals surface area contributed by atoms with Gasteiger partial charge in [-0.3, -0.25) is 4.79 Å². The number of aryl methyl sites for hydroxylation is 1. The van der Waals surface area contributed by atoms with Gasteiger partial charge >= 0.3 is 5.97 Å². The first-order valence-electron chi connectivity index (χ1n) is 12.2. The van der Waals surface area contributed by atoms with E-state index in [-0.39, 0.29) is 55.3 Å². The normalized spacial score (nSPS) is 12.4. The first kappa shape index (κ1) is 32.5. The third-order valence-electron chi connectivity index (χ3n) is 6.39. The summed E-state index contributed by atoms with van der Waals surface area (Å²) in [4.78, 5) is 33.7. The minimum absolute atomic E-state index is 0. The van der Waals surface area contributed by atoms with Crippen LogP contribution < -0.4 is 19.9 Å². The molecule has 1 saturated heterocycles. The van der Waals surface area contributed by atoms with Gasteiger partial charge in [0.1, 0.15) is 11.6 Å². The molecule has 11 heteroatoms. The van der Waals surface area contributed by atoms with Crippen LogP contribution in [0.15, 0.2) is 78.9 Å². The highest BCUT2D eigenvalue weighted by molar-refractivity contribution is 6.05. The van der Waals surface area contributed by atoms with E-state index in [0.717, 1.165) is 26.2 Å². The molecule has 8 nitrogen and oxygen atoms in total. The number of halogens is 3. The van der Waals surface area contributed by atoms with E-state index in [2.05, 4.69) is 46.3 Å². The van der Waals surface area contributed by atoms with Crippen molar-refractivity contribution in [2.75, 3.05) is 47.9 Å². The molecule has 0 saturated carbocycles. The smallest absolute Gasteiger partial charge is 0.336 e. The maximum Gasteiger partial charge on any atom is 0.336 e. The van der Waals surface area contributed by atoms with Gasteiger partial charge in [-0.25, -0.2) is 9.78 Å². The molecule has 212 valence electrons. The number of aromatic nitrogens is 1. The number of carboxylic acids is 1. The lowest BCUT2D eigenvalue weighted by Crippen LogP contribution is -2.46. The van der Waals surface area contributed by atoms with E-state index in [1.165, 1.54) is 11.3 Å². The molecule has 3 aromatic carbocycles. The summed E-state index contributed by atoms with van der Waals surface area (Å²) in [7, 11) is 0. The summed E-state index contributed by atoms with van der Waals surface area (Å²) in [6, 6.07) is 24.2. The molecule has 0 unspecified atom stereocenters. The fourth-order valence-electron chi connectivity index (χ4n) is 4.51. The number of piperazine rings is 1. The summed E-state index contributed by atoms with van der Waals surface area (Å²) >= 11 is 0. The number of nitrogens with zero attached hydrogens (tertiary/aromatic N) is 3. The standard InChI is InChI=1S/C29H28N4O4.3ClH/c1-20-6-5-7-22(16-20)32-12-14-33(15-13-32)27-18-25(29(35)36)24-17-21(10-11-26(24)31-27)30-28(34)19-37-23-8-3-2-4-9-23;;;/h2-11,16-18H,12-15,19H2,1H3,(H,30,34)(H,35,36);3*1H. The number of fused-ring (bicyclic) bond motifs is 1. The molecule has 0 aliphatic carbocycles. The number of carbonyl (C=O) groups excluding carboxylic acids is 1. The largest absolute Gasteiger partial charge is 0.484 e. The van der Waals surface area contributed by atoms with Crippen molar-refractivity contribution in [3.8, 4) is 5.75 Å². The van der Waals surface area contributed by atoms with Gasteiger partial charge in [0.15, 0.2) is 6.61 Å². The van der Waals surface area contributed by atoms with E-state index in [0.29, 0.717) is 28.2 Å². The number of carboxylic acid groups (broad SMARTS) is 1. The van der Waals surface area contributed by atoms with Gasteiger partial charge in [0.05, 0.1) is 11.1 Å². The van der Waals surface area contributed by atoms with Crippen molar-refractivity contribution in [3.63, 3.8) is 0 Å². The maximum absolute atomic E-state index is 12.4. The number of anilines is 3. The average molecular weight is 606 g/mol. The van der Waals surface area contributed by atoms with Gasteiger partial charge < -0.3 is 25.0 Å². The highest BCUT2D eigenvalue weighted by Gasteiger charge is 2.21. The van der Waals surface area contributed by atoms with Gasteiger partial charge in [-0.2, -0.15) is 0 Å². The number of ether oxygens (including phenoxy) is 1. The Balaban J connectivity index is 0.00000187. The van der Waals surface area contributed by atoms with Crippen LogP contribution in [0.4, 0.5) is 17.2 Å². The Morgan fingerprint density at radius 1 is 0.875 bits per heavy atom. The maximum atomic E-state index is 12.4. The van der Waals surface area contributed by atoms with Crippen molar-refractivity contribution < 1.29 is 19.4 Å². The van der Waals surface area contributed by atoms with Crippen molar-refractivity contribution in [2.45, 2.75) is 6.92 Å². The number of amides is 1. The summed E-state index contributed by atoms with van der Waals surface area (Å²) in [5.74, 6) is -0.137. The molecular weight excluding hydrogens is 575 g/mol. The highest BCUT2D eigenvalue weighted by atomic mass is 35.5. The van der Waals surface area contributed by atoms with E-state index in [1.54, 1.807) is 36.4 Å². The quantitative estimate of drug-likeness (QED) is 0.273. The van der Waals surface area contributed by atoms with Crippen molar-refractivity contribution in [1.82, 2.24) is 4.98 Å². The van der Waals surface area contributed by atoms with Crippen molar-refractivity contribution >= 4 is 77.2 Å². The minimum Gasteiger partial charge on any atom is -0.484 e. The van der Waals surface area contributed by atoms with Crippen LogP contribution in [0.25, 0.3) is 10.9 Å².